The highest BCUT2D eigenvalue weighted by atomic mass is 32.2. The number of hydrogen-bond donors (Lipinski definition) is 1. The first kappa shape index (κ1) is 19.0. The van der Waals surface area contributed by atoms with E-state index in [9.17, 15) is 4.79 Å². The van der Waals surface area contributed by atoms with E-state index in [1.807, 2.05) is 29.8 Å². The van der Waals surface area contributed by atoms with E-state index in [0.29, 0.717) is 18.5 Å². The van der Waals surface area contributed by atoms with Crippen molar-refractivity contribution in [1.82, 2.24) is 25.5 Å². The van der Waals surface area contributed by atoms with Gasteiger partial charge >= 0.3 is 0 Å². The van der Waals surface area contributed by atoms with Crippen LogP contribution in [-0.4, -0.2) is 58.1 Å². The fourth-order valence-electron chi connectivity index (χ4n) is 3.52. The van der Waals surface area contributed by atoms with Crippen molar-refractivity contribution in [3.63, 3.8) is 0 Å². The zero-order valence-corrected chi connectivity index (χ0v) is 17.1. The molecule has 28 heavy (non-hydrogen) atoms. The van der Waals surface area contributed by atoms with Gasteiger partial charge in [-0.05, 0) is 54.7 Å². The summed E-state index contributed by atoms with van der Waals surface area (Å²) in [6.45, 7) is 4.48. The molecule has 0 spiro atoms. The van der Waals surface area contributed by atoms with Crippen LogP contribution < -0.4 is 15.0 Å². The lowest BCUT2D eigenvalue weighted by atomic mass is 10.1. The molecule has 0 bridgehead atoms. The summed E-state index contributed by atoms with van der Waals surface area (Å²) in [5.41, 5.74) is 1.12. The van der Waals surface area contributed by atoms with Gasteiger partial charge in [-0.3, -0.25) is 4.79 Å². The quantitative estimate of drug-likeness (QED) is 0.677. The minimum absolute atomic E-state index is 0.0334. The second-order valence-corrected chi connectivity index (χ2v) is 8.72. The normalized spacial score (nSPS) is 20.2. The Hall–Kier alpha value is -2.29. The maximum atomic E-state index is 12.5. The first-order chi connectivity index (χ1) is 13.7. The number of methoxy groups -OCH3 is 1. The molecule has 1 N–H and O–H groups in total. The van der Waals surface area contributed by atoms with Crippen molar-refractivity contribution in [1.29, 1.82) is 0 Å². The number of para-hydroxylation sites is 2. The zero-order valence-electron chi connectivity index (χ0n) is 16.2. The lowest BCUT2D eigenvalue weighted by Crippen LogP contribution is -2.35. The zero-order chi connectivity index (χ0) is 19.5. The molecule has 1 aromatic carbocycles. The molecule has 2 aliphatic rings. The van der Waals surface area contributed by atoms with Crippen molar-refractivity contribution in [3.8, 4) is 5.75 Å². The number of anilines is 1. The highest BCUT2D eigenvalue weighted by Gasteiger charge is 2.30. The van der Waals surface area contributed by atoms with Crippen molar-refractivity contribution in [3.05, 3.63) is 24.3 Å². The number of nitrogens with one attached hydrogen (secondary N) is 1. The van der Waals surface area contributed by atoms with Crippen LogP contribution in [0.4, 0.5) is 5.69 Å². The number of hydrogen-bond acceptors (Lipinski definition) is 7. The van der Waals surface area contributed by atoms with Gasteiger partial charge in [0.1, 0.15) is 5.75 Å². The lowest BCUT2D eigenvalue weighted by Gasteiger charge is -2.21. The van der Waals surface area contributed by atoms with Gasteiger partial charge in [-0.1, -0.05) is 23.9 Å². The van der Waals surface area contributed by atoms with Gasteiger partial charge in [0.25, 0.3) is 0 Å². The van der Waals surface area contributed by atoms with Gasteiger partial charge in [-0.2, -0.15) is 0 Å². The van der Waals surface area contributed by atoms with E-state index in [1.54, 1.807) is 7.11 Å². The molecule has 2 unspecified atom stereocenters. The van der Waals surface area contributed by atoms with Crippen molar-refractivity contribution in [2.24, 2.45) is 5.92 Å². The van der Waals surface area contributed by atoms with Gasteiger partial charge in [0.05, 0.1) is 24.1 Å². The molecule has 2 heterocycles. The predicted octanol–water partition coefficient (Wildman–Crippen LogP) is 2.14. The van der Waals surface area contributed by atoms with Crippen LogP contribution in [0.2, 0.25) is 0 Å². The Bertz CT molecular complexity index is 824. The fourth-order valence-corrected chi connectivity index (χ4v) is 4.40. The van der Waals surface area contributed by atoms with Crippen molar-refractivity contribution in [2.75, 3.05) is 31.6 Å². The summed E-state index contributed by atoms with van der Waals surface area (Å²) in [5, 5.41) is 15.5. The highest BCUT2D eigenvalue weighted by Crippen LogP contribution is 2.37. The molecule has 2 atom stereocenters. The van der Waals surface area contributed by atoms with Crippen LogP contribution in [0, 0.1) is 5.92 Å². The Labute approximate surface area is 169 Å². The number of ether oxygens (including phenoxy) is 1. The molecule has 9 heteroatoms. The number of benzene rings is 1. The highest BCUT2D eigenvalue weighted by molar-refractivity contribution is 8.00. The van der Waals surface area contributed by atoms with Crippen LogP contribution in [0.3, 0.4) is 0 Å². The molecular formula is C19H26N6O2S. The third kappa shape index (κ3) is 4.24. The van der Waals surface area contributed by atoms with Crippen LogP contribution in [0.15, 0.2) is 29.4 Å². The number of amides is 1. The number of aromatic nitrogens is 4. The molecule has 8 nitrogen and oxygen atoms in total. The molecule has 1 aliphatic carbocycles. The Morgan fingerprint density at radius 2 is 2.18 bits per heavy atom. The van der Waals surface area contributed by atoms with E-state index in [1.165, 1.54) is 11.8 Å². The molecule has 1 amide bonds. The molecule has 150 valence electrons. The van der Waals surface area contributed by atoms with Crippen molar-refractivity contribution >= 4 is 23.4 Å². The van der Waals surface area contributed by atoms with Gasteiger partial charge in [0.15, 0.2) is 0 Å². The summed E-state index contributed by atoms with van der Waals surface area (Å²) < 4.78 is 7.31. The van der Waals surface area contributed by atoms with E-state index in [-0.39, 0.29) is 11.2 Å². The van der Waals surface area contributed by atoms with Crippen molar-refractivity contribution in [2.45, 2.75) is 42.6 Å². The standard InChI is InChI=1S/C19H26N6O2S/c1-13(28-19-21-22-23-25(19)15-7-8-15)18(26)20-11-14-9-10-24(12-14)16-5-3-4-6-17(16)27-2/h3-6,13-15H,7-12H2,1-2H3,(H,20,26). The SMILES string of the molecule is COc1ccccc1N1CCC(CNC(=O)C(C)Sc2nnnn2C2CC2)C1. The predicted molar refractivity (Wildman–Crippen MR) is 108 cm³/mol. The Balaban J connectivity index is 1.26. The average Bonchev–Trinajstić information content (AvgIpc) is 3.27. The van der Waals surface area contributed by atoms with Crippen molar-refractivity contribution < 1.29 is 9.53 Å². The van der Waals surface area contributed by atoms with Gasteiger partial charge in [-0.25, -0.2) is 4.68 Å². The fraction of sp³-hybridized carbons (Fsp3) is 0.579. The minimum atomic E-state index is -0.227. The smallest absolute Gasteiger partial charge is 0.233 e. The third-order valence-corrected chi connectivity index (χ3v) is 6.33. The van der Waals surface area contributed by atoms with Crippen LogP contribution in [0.5, 0.6) is 5.75 Å². The molecular weight excluding hydrogens is 376 g/mol. The topological polar surface area (TPSA) is 85.2 Å². The van der Waals surface area contributed by atoms with E-state index < -0.39 is 0 Å². The van der Waals surface area contributed by atoms with Crippen LogP contribution in [-0.2, 0) is 4.79 Å². The van der Waals surface area contributed by atoms with E-state index in [4.69, 9.17) is 4.74 Å². The second-order valence-electron chi connectivity index (χ2n) is 7.41. The van der Waals surface area contributed by atoms with Gasteiger partial charge in [-0.15, -0.1) is 5.10 Å². The van der Waals surface area contributed by atoms with Crippen LogP contribution in [0.25, 0.3) is 0 Å². The molecule has 2 fully saturated rings. The summed E-state index contributed by atoms with van der Waals surface area (Å²) in [6.07, 6.45) is 3.28. The number of carbonyl (C=O) groups is 1. The van der Waals surface area contributed by atoms with Gasteiger partial charge in [0, 0.05) is 19.6 Å². The average molecular weight is 403 g/mol. The molecule has 4 rings (SSSR count). The molecule has 1 aromatic heterocycles. The van der Waals surface area contributed by atoms with E-state index >= 15 is 0 Å². The summed E-state index contributed by atoms with van der Waals surface area (Å²) in [5.74, 6) is 1.36. The van der Waals surface area contributed by atoms with Crippen LogP contribution in [0.1, 0.15) is 32.2 Å². The number of thioether (sulfide) groups is 1. The minimum Gasteiger partial charge on any atom is -0.495 e. The summed E-state index contributed by atoms with van der Waals surface area (Å²) >= 11 is 1.43. The largest absolute Gasteiger partial charge is 0.495 e. The summed E-state index contributed by atoms with van der Waals surface area (Å²) in [4.78, 5) is 14.9. The first-order valence-electron chi connectivity index (χ1n) is 9.76. The maximum Gasteiger partial charge on any atom is 0.233 e. The second kappa shape index (κ2) is 8.38. The van der Waals surface area contributed by atoms with Gasteiger partial charge < -0.3 is 15.0 Å². The maximum absolute atomic E-state index is 12.5. The molecule has 0 radical (unpaired) electrons. The van der Waals surface area contributed by atoms with E-state index in [2.05, 4.69) is 31.8 Å². The van der Waals surface area contributed by atoms with E-state index in [0.717, 1.165) is 48.9 Å². The number of carbonyl (C=O) groups excluding carboxylic acids is 1. The van der Waals surface area contributed by atoms with Crippen LogP contribution >= 0.6 is 11.8 Å². The lowest BCUT2D eigenvalue weighted by molar-refractivity contribution is -0.120. The first-order valence-corrected chi connectivity index (χ1v) is 10.6. The third-order valence-electron chi connectivity index (χ3n) is 5.28. The molecule has 1 saturated carbocycles. The Kier molecular flexibility index (Phi) is 5.70. The summed E-state index contributed by atoms with van der Waals surface area (Å²) in [7, 11) is 1.70. The molecule has 2 aromatic rings. The monoisotopic (exact) mass is 402 g/mol. The molecule has 1 aliphatic heterocycles. The number of rotatable bonds is 8. The van der Waals surface area contributed by atoms with Gasteiger partial charge in [0.2, 0.25) is 11.1 Å². The Morgan fingerprint density at radius 3 is 2.96 bits per heavy atom. The Morgan fingerprint density at radius 1 is 1.36 bits per heavy atom. The number of nitrogens with zero attached hydrogens (tertiary/aromatic N) is 5. The summed E-state index contributed by atoms with van der Waals surface area (Å²) in [6, 6.07) is 8.49. The number of tetrazole rings is 1. The molecule has 1 saturated heterocycles.